The van der Waals surface area contributed by atoms with E-state index in [1.807, 2.05) is 30.3 Å². The molecule has 0 aliphatic heterocycles. The summed E-state index contributed by atoms with van der Waals surface area (Å²) in [5.74, 6) is 0.474. The Labute approximate surface area is 250 Å². The van der Waals surface area contributed by atoms with Gasteiger partial charge in [-0.2, -0.15) is 8.42 Å². The molecule has 0 spiro atoms. The maximum absolute atomic E-state index is 12.9. The third-order valence-corrected chi connectivity index (χ3v) is 11.7. The van der Waals surface area contributed by atoms with Gasteiger partial charge < -0.3 is 10.9 Å². The zero-order valence-electron chi connectivity index (χ0n) is 22.4. The van der Waals surface area contributed by atoms with E-state index < -0.39 is 20.0 Å². The van der Waals surface area contributed by atoms with Crippen LogP contribution in [0.15, 0.2) is 88.7 Å². The molecule has 0 aliphatic rings. The summed E-state index contributed by atoms with van der Waals surface area (Å²) in [5, 5.41) is 1.42. The van der Waals surface area contributed by atoms with Crippen LogP contribution >= 0.6 is 22.7 Å². The second kappa shape index (κ2) is 11.2. The summed E-state index contributed by atoms with van der Waals surface area (Å²) < 4.78 is 65.9. The number of methoxy groups -OCH3 is 1. The van der Waals surface area contributed by atoms with Crippen LogP contribution in [0.5, 0.6) is 5.75 Å². The number of benzene rings is 4. The van der Waals surface area contributed by atoms with E-state index in [-0.39, 0.29) is 21.7 Å². The van der Waals surface area contributed by atoms with E-state index in [1.54, 1.807) is 55.5 Å². The lowest BCUT2D eigenvalue weighted by atomic mass is 10.1. The highest BCUT2D eigenvalue weighted by Gasteiger charge is 2.21. The van der Waals surface area contributed by atoms with Crippen LogP contribution in [0, 0.1) is 6.92 Å². The maximum atomic E-state index is 12.9. The number of hydrogen-bond donors (Lipinski definition) is 2. The molecule has 0 unspecified atom stereocenters. The molecule has 0 bridgehead atoms. The Bertz CT molecular complexity index is 2150. The third-order valence-electron chi connectivity index (χ3n) is 6.58. The largest absolute Gasteiger partial charge is 0.497 e. The van der Waals surface area contributed by atoms with Crippen molar-refractivity contribution in [3.05, 3.63) is 90.0 Å². The Morgan fingerprint density at radius 1 is 0.786 bits per heavy atom. The molecule has 9 nitrogen and oxygen atoms in total. The summed E-state index contributed by atoms with van der Waals surface area (Å²) in [5.41, 5.74) is 4.11. The molecular weight excluding hydrogens is 615 g/mol. The van der Waals surface area contributed by atoms with Gasteiger partial charge in [0.25, 0.3) is 10.1 Å². The molecule has 6 aromatic rings. The van der Waals surface area contributed by atoms with Gasteiger partial charge in [0, 0.05) is 11.1 Å². The molecular formula is C29H25N3O6S4. The average Bonchev–Trinajstić information content (AvgIpc) is 3.56. The number of sulfone groups is 1. The van der Waals surface area contributed by atoms with Crippen LogP contribution in [-0.2, 0) is 25.7 Å². The summed E-state index contributed by atoms with van der Waals surface area (Å²) in [6.07, 6.45) is 0. The monoisotopic (exact) mass is 639 g/mol. The molecule has 2 heterocycles. The first-order valence-corrected chi connectivity index (χ1v) is 17.0. The van der Waals surface area contributed by atoms with Crippen LogP contribution in [0.1, 0.15) is 11.1 Å². The molecule has 42 heavy (non-hydrogen) atoms. The van der Waals surface area contributed by atoms with Gasteiger partial charge in [0.15, 0.2) is 9.84 Å². The lowest BCUT2D eigenvalue weighted by Gasteiger charge is -2.06. The van der Waals surface area contributed by atoms with E-state index in [4.69, 9.17) is 9.72 Å². The van der Waals surface area contributed by atoms with Crippen molar-refractivity contribution in [2.45, 2.75) is 22.5 Å². The number of aromatic nitrogens is 2. The van der Waals surface area contributed by atoms with Gasteiger partial charge in [-0.05, 0) is 66.6 Å². The van der Waals surface area contributed by atoms with Crippen molar-refractivity contribution < 1.29 is 26.1 Å². The minimum atomic E-state index is -4.40. The Balaban J connectivity index is 0.00000353. The first-order valence-electron chi connectivity index (χ1n) is 12.3. The summed E-state index contributed by atoms with van der Waals surface area (Å²) in [6, 6.07) is 22.8. The highest BCUT2D eigenvalue weighted by Crippen LogP contribution is 2.38. The molecule has 0 saturated heterocycles. The fourth-order valence-corrected chi connectivity index (χ4v) is 9.19. The fourth-order valence-electron chi connectivity index (χ4n) is 4.52. The van der Waals surface area contributed by atoms with E-state index >= 15 is 0 Å². The van der Waals surface area contributed by atoms with Crippen molar-refractivity contribution in [1.82, 2.24) is 16.1 Å². The van der Waals surface area contributed by atoms with E-state index in [9.17, 15) is 21.4 Å². The zero-order chi connectivity index (χ0) is 28.9. The summed E-state index contributed by atoms with van der Waals surface area (Å²) in [4.78, 5) is 9.48. The molecule has 0 amide bonds. The Morgan fingerprint density at radius 3 is 2.07 bits per heavy atom. The van der Waals surface area contributed by atoms with Crippen molar-refractivity contribution in [2.24, 2.45) is 0 Å². The van der Waals surface area contributed by atoms with Crippen molar-refractivity contribution in [3.63, 3.8) is 0 Å². The molecule has 4 N–H and O–H groups in total. The molecule has 2 aromatic heterocycles. The highest BCUT2D eigenvalue weighted by molar-refractivity contribution is 7.90. The van der Waals surface area contributed by atoms with Crippen molar-refractivity contribution >= 4 is 63.1 Å². The van der Waals surface area contributed by atoms with Gasteiger partial charge in [-0.15, -0.1) is 22.7 Å². The molecule has 0 fully saturated rings. The minimum Gasteiger partial charge on any atom is -0.497 e. The summed E-state index contributed by atoms with van der Waals surface area (Å²) in [7, 11) is -6.38. The standard InChI is InChI=1S/C29H22N2O6S4.H3N/c1-17-3-13-24-26(27(17)41(34,35)36)39-29(31-24)20-8-14-23-25(15-20)38-28(30-23)19-6-4-18(5-7-19)16-40(32,33)22-11-9-21(37-2)10-12-22;/h3-15H,16H2,1-2H3,(H,34,35,36);1H3. The van der Waals surface area contributed by atoms with Crippen LogP contribution in [0.2, 0.25) is 0 Å². The van der Waals surface area contributed by atoms with Crippen LogP contribution in [-0.4, -0.2) is 38.5 Å². The molecule has 216 valence electrons. The molecule has 13 heteroatoms. The molecule has 6 rings (SSSR count). The third kappa shape index (κ3) is 5.67. The van der Waals surface area contributed by atoms with Crippen molar-refractivity contribution in [3.8, 4) is 26.9 Å². The first-order chi connectivity index (χ1) is 19.5. The van der Waals surface area contributed by atoms with Gasteiger partial charge in [0.2, 0.25) is 0 Å². The molecule has 4 aromatic carbocycles. The number of hydrogen-bond acceptors (Lipinski definition) is 10. The predicted octanol–water partition coefficient (Wildman–Crippen LogP) is 6.94. The predicted molar refractivity (Wildman–Crippen MR) is 167 cm³/mol. The van der Waals surface area contributed by atoms with E-state index in [1.165, 1.54) is 29.8 Å². The number of ether oxygens (including phenoxy) is 1. The van der Waals surface area contributed by atoms with Crippen molar-refractivity contribution in [2.75, 3.05) is 7.11 Å². The number of fused-ring (bicyclic) bond motifs is 2. The Morgan fingerprint density at radius 2 is 1.40 bits per heavy atom. The Kier molecular flexibility index (Phi) is 7.91. The number of aryl methyl sites for hydroxylation is 1. The molecule has 0 atom stereocenters. The van der Waals surface area contributed by atoms with E-state index in [0.29, 0.717) is 32.1 Å². The Hall–Kier alpha value is -3.72. The zero-order valence-corrected chi connectivity index (χ0v) is 25.7. The lowest BCUT2D eigenvalue weighted by molar-refractivity contribution is 0.414. The summed E-state index contributed by atoms with van der Waals surface area (Å²) in [6.45, 7) is 1.64. The van der Waals surface area contributed by atoms with Gasteiger partial charge >= 0.3 is 0 Å². The second-order valence-corrected chi connectivity index (χ2v) is 14.8. The molecule has 0 radical (unpaired) electrons. The number of nitrogens with zero attached hydrogens (tertiary/aromatic N) is 2. The van der Waals surface area contributed by atoms with Gasteiger partial charge in [-0.1, -0.05) is 30.3 Å². The topological polar surface area (TPSA) is 159 Å². The number of rotatable bonds is 7. The molecule has 0 saturated carbocycles. The van der Waals surface area contributed by atoms with Crippen LogP contribution < -0.4 is 10.9 Å². The van der Waals surface area contributed by atoms with Gasteiger partial charge in [0.05, 0.1) is 38.2 Å². The minimum absolute atomic E-state index is 0. The second-order valence-electron chi connectivity index (χ2n) is 9.39. The van der Waals surface area contributed by atoms with Crippen molar-refractivity contribution in [1.29, 1.82) is 0 Å². The first kappa shape index (κ1) is 29.8. The SMILES string of the molecule is COc1ccc(S(=O)(=O)Cc2ccc(-c3nc4ccc(-c5nc6ccc(C)c(S(=O)(=O)O)c6s5)cc4s3)cc2)cc1.N. The normalized spacial score (nSPS) is 12.0. The van der Waals surface area contributed by atoms with Crippen LogP contribution in [0.25, 0.3) is 41.6 Å². The van der Waals surface area contributed by atoms with Gasteiger partial charge in [0.1, 0.15) is 20.7 Å². The van der Waals surface area contributed by atoms with E-state index in [2.05, 4.69) is 4.98 Å². The lowest BCUT2D eigenvalue weighted by Crippen LogP contribution is -2.04. The van der Waals surface area contributed by atoms with E-state index in [0.717, 1.165) is 26.4 Å². The average molecular weight is 640 g/mol. The van der Waals surface area contributed by atoms with Crippen LogP contribution in [0.4, 0.5) is 0 Å². The van der Waals surface area contributed by atoms with Gasteiger partial charge in [-0.25, -0.2) is 18.4 Å². The maximum Gasteiger partial charge on any atom is 0.296 e. The van der Waals surface area contributed by atoms with Gasteiger partial charge in [-0.3, -0.25) is 4.55 Å². The highest BCUT2D eigenvalue weighted by atomic mass is 32.2. The quantitative estimate of drug-likeness (QED) is 0.176. The fraction of sp³-hybridized carbons (Fsp3) is 0.103. The summed E-state index contributed by atoms with van der Waals surface area (Å²) >= 11 is 2.71. The molecule has 0 aliphatic carbocycles. The number of thiazole rings is 2. The van der Waals surface area contributed by atoms with Crippen LogP contribution in [0.3, 0.4) is 0 Å². The smallest absolute Gasteiger partial charge is 0.296 e.